The van der Waals surface area contributed by atoms with Gasteiger partial charge in [-0.05, 0) is 59.0 Å². The molecule has 0 unspecified atom stereocenters. The van der Waals surface area contributed by atoms with E-state index >= 15 is 0 Å². The maximum atomic E-state index is 12.8. The first kappa shape index (κ1) is 20.5. The summed E-state index contributed by atoms with van der Waals surface area (Å²) in [6.45, 7) is 5.75. The van der Waals surface area contributed by atoms with Crippen LogP contribution < -0.4 is 9.47 Å². The lowest BCUT2D eigenvalue weighted by Crippen LogP contribution is -2.15. The Balaban J connectivity index is 2.16. The zero-order valence-electron chi connectivity index (χ0n) is 16.2. The van der Waals surface area contributed by atoms with E-state index in [1.54, 1.807) is 18.2 Å². The maximum Gasteiger partial charge on any atom is 0.346 e. The van der Waals surface area contributed by atoms with Crippen molar-refractivity contribution in [3.8, 4) is 23.0 Å². The molecule has 3 rings (SSSR count). The third-order valence-electron chi connectivity index (χ3n) is 4.64. The van der Waals surface area contributed by atoms with E-state index in [0.717, 1.165) is 5.56 Å². The number of phenolic OH excluding ortho intramolecular Hbond substituents is 1. The minimum atomic E-state index is -0.795. The normalized spacial score (nSPS) is 14.3. The lowest BCUT2D eigenvalue weighted by Gasteiger charge is -2.24. The first-order valence-corrected chi connectivity index (χ1v) is 9.78. The predicted octanol–water partition coefficient (Wildman–Crippen LogP) is 5.01. The van der Waals surface area contributed by atoms with Crippen LogP contribution in [-0.2, 0) is 11.3 Å². The van der Waals surface area contributed by atoms with Crippen LogP contribution >= 0.6 is 15.9 Å². The largest absolute Gasteiger partial charge is 0.504 e. The summed E-state index contributed by atoms with van der Waals surface area (Å²) >= 11 is 3.46. The van der Waals surface area contributed by atoms with Crippen molar-refractivity contribution in [2.45, 2.75) is 39.9 Å². The Labute approximate surface area is 172 Å². The molecule has 1 heterocycles. The smallest absolute Gasteiger partial charge is 0.346 e. The zero-order valence-corrected chi connectivity index (χ0v) is 17.8. The molecule has 1 aliphatic rings. The molecule has 0 saturated carbocycles. The summed E-state index contributed by atoms with van der Waals surface area (Å²) in [5.41, 5.74) is 1.91. The lowest BCUT2D eigenvalue weighted by atomic mass is 9.96. The van der Waals surface area contributed by atoms with Crippen LogP contribution in [0.2, 0.25) is 0 Å². The van der Waals surface area contributed by atoms with Crippen LogP contribution in [-0.4, -0.2) is 23.3 Å². The van der Waals surface area contributed by atoms with Crippen molar-refractivity contribution in [3.63, 3.8) is 0 Å². The fourth-order valence-electron chi connectivity index (χ4n) is 3.30. The highest BCUT2D eigenvalue weighted by molar-refractivity contribution is 9.10. The van der Waals surface area contributed by atoms with E-state index in [2.05, 4.69) is 15.9 Å². The van der Waals surface area contributed by atoms with Crippen molar-refractivity contribution in [1.82, 2.24) is 0 Å². The topological polar surface area (TPSA) is 85.2 Å². The number of carbonyl (C=O) groups excluding carboxylic acids is 1. The predicted molar refractivity (Wildman–Crippen MR) is 107 cm³/mol. The highest BCUT2D eigenvalue weighted by atomic mass is 79.9. The van der Waals surface area contributed by atoms with Gasteiger partial charge in [-0.1, -0.05) is 13.8 Å². The van der Waals surface area contributed by atoms with Crippen LogP contribution in [0, 0.1) is 12.8 Å². The van der Waals surface area contributed by atoms with Gasteiger partial charge < -0.3 is 24.4 Å². The molecule has 7 heteroatoms. The van der Waals surface area contributed by atoms with E-state index in [0.29, 0.717) is 22.0 Å². The van der Waals surface area contributed by atoms with Crippen molar-refractivity contribution < 1.29 is 29.2 Å². The van der Waals surface area contributed by atoms with Gasteiger partial charge in [0.1, 0.15) is 23.7 Å². The summed E-state index contributed by atoms with van der Waals surface area (Å²) in [7, 11) is 1.43. The number of fused-ring (bicyclic) bond motifs is 2. The van der Waals surface area contributed by atoms with Crippen LogP contribution in [0.1, 0.15) is 53.4 Å². The molecule has 28 heavy (non-hydrogen) atoms. The second-order valence-electron chi connectivity index (χ2n) is 7.22. The SMILES string of the molecule is COc1c([C@@H](O)CC(C)C)ccc2c1C(=O)OCc1c(Br)c(C)cc(O)c1O2. The first-order valence-electron chi connectivity index (χ1n) is 8.99. The fraction of sp³-hybridized carbons (Fsp3) is 0.381. The van der Waals surface area contributed by atoms with E-state index in [9.17, 15) is 15.0 Å². The molecule has 0 fully saturated rings. The van der Waals surface area contributed by atoms with E-state index in [1.807, 2.05) is 20.8 Å². The first-order chi connectivity index (χ1) is 13.2. The number of cyclic esters (lactones) is 1. The van der Waals surface area contributed by atoms with Gasteiger partial charge in [-0.15, -0.1) is 0 Å². The molecule has 6 nitrogen and oxygen atoms in total. The van der Waals surface area contributed by atoms with Gasteiger partial charge in [0.25, 0.3) is 0 Å². The molecular formula is C21H23BrO6. The number of hydrogen-bond acceptors (Lipinski definition) is 6. The molecule has 0 radical (unpaired) electrons. The van der Waals surface area contributed by atoms with Crippen molar-refractivity contribution in [3.05, 3.63) is 44.9 Å². The summed E-state index contributed by atoms with van der Waals surface area (Å²) < 4.78 is 17.6. The highest BCUT2D eigenvalue weighted by Gasteiger charge is 2.30. The molecule has 2 aromatic rings. The van der Waals surface area contributed by atoms with Crippen molar-refractivity contribution in [2.75, 3.05) is 7.11 Å². The molecule has 1 atom stereocenters. The molecule has 2 N–H and O–H groups in total. The molecule has 0 aliphatic carbocycles. The Morgan fingerprint density at radius 2 is 2.04 bits per heavy atom. The van der Waals surface area contributed by atoms with Crippen LogP contribution in [0.4, 0.5) is 0 Å². The Morgan fingerprint density at radius 3 is 2.68 bits per heavy atom. The second-order valence-corrected chi connectivity index (χ2v) is 8.01. The van der Waals surface area contributed by atoms with Crippen LogP contribution in [0.5, 0.6) is 23.0 Å². The number of methoxy groups -OCH3 is 1. The summed E-state index contributed by atoms with van der Waals surface area (Å²) in [6, 6.07) is 4.82. The summed E-state index contributed by atoms with van der Waals surface area (Å²) in [5, 5.41) is 20.9. The molecule has 0 aromatic heterocycles. The van der Waals surface area contributed by atoms with Crippen molar-refractivity contribution in [2.24, 2.45) is 5.92 Å². The minimum Gasteiger partial charge on any atom is -0.504 e. The van der Waals surface area contributed by atoms with Gasteiger partial charge in [0, 0.05) is 10.0 Å². The zero-order chi connectivity index (χ0) is 20.6. The van der Waals surface area contributed by atoms with Gasteiger partial charge >= 0.3 is 5.97 Å². The summed E-state index contributed by atoms with van der Waals surface area (Å²) in [6.07, 6.45) is -0.281. The number of aryl methyl sites for hydroxylation is 1. The molecule has 0 bridgehead atoms. The van der Waals surface area contributed by atoms with E-state index < -0.39 is 12.1 Å². The number of halogens is 1. The monoisotopic (exact) mass is 450 g/mol. The Hall–Kier alpha value is -2.25. The quantitative estimate of drug-likeness (QED) is 0.636. The van der Waals surface area contributed by atoms with E-state index in [1.165, 1.54) is 7.11 Å². The van der Waals surface area contributed by atoms with Gasteiger partial charge in [0.2, 0.25) is 0 Å². The average molecular weight is 451 g/mol. The Kier molecular flexibility index (Phi) is 5.86. The number of aromatic hydroxyl groups is 1. The number of aliphatic hydroxyl groups excluding tert-OH is 1. The number of esters is 1. The summed E-state index contributed by atoms with van der Waals surface area (Å²) in [4.78, 5) is 12.8. The van der Waals surface area contributed by atoms with Crippen LogP contribution in [0.25, 0.3) is 0 Å². The van der Waals surface area contributed by atoms with Gasteiger partial charge in [-0.3, -0.25) is 0 Å². The number of phenols is 1. The molecular weight excluding hydrogens is 428 g/mol. The lowest BCUT2D eigenvalue weighted by molar-refractivity contribution is 0.0453. The fourth-order valence-corrected chi connectivity index (χ4v) is 3.71. The maximum absolute atomic E-state index is 12.8. The third kappa shape index (κ3) is 3.69. The number of hydrogen-bond donors (Lipinski definition) is 2. The van der Waals surface area contributed by atoms with E-state index in [4.69, 9.17) is 14.2 Å². The Morgan fingerprint density at radius 1 is 1.32 bits per heavy atom. The third-order valence-corrected chi connectivity index (χ3v) is 5.75. The number of carbonyl (C=O) groups is 1. The highest BCUT2D eigenvalue weighted by Crippen LogP contribution is 2.46. The molecule has 150 valence electrons. The number of rotatable bonds is 4. The van der Waals surface area contributed by atoms with E-state index in [-0.39, 0.29) is 41.1 Å². The van der Waals surface area contributed by atoms with Gasteiger partial charge in [-0.2, -0.15) is 0 Å². The molecule has 1 aliphatic heterocycles. The van der Waals surface area contributed by atoms with Crippen LogP contribution in [0.3, 0.4) is 0 Å². The number of ether oxygens (including phenoxy) is 3. The molecule has 2 aromatic carbocycles. The van der Waals surface area contributed by atoms with Gasteiger partial charge in [0.05, 0.1) is 18.8 Å². The standard InChI is InChI=1S/C21H23BrO6/c1-10(2)7-14(23)12-5-6-16-17(20(12)26-4)21(25)27-9-13-18(22)11(3)8-15(24)19(13)28-16/h5-6,8,10,14,23-24H,7,9H2,1-4H3/t14-/m0/s1. The molecule has 0 saturated heterocycles. The van der Waals surface area contributed by atoms with Crippen molar-refractivity contribution in [1.29, 1.82) is 0 Å². The molecule has 0 spiro atoms. The van der Waals surface area contributed by atoms with Gasteiger partial charge in [-0.25, -0.2) is 4.79 Å². The average Bonchev–Trinajstić information content (AvgIpc) is 2.62. The van der Waals surface area contributed by atoms with Crippen molar-refractivity contribution >= 4 is 21.9 Å². The Bertz CT molecular complexity index is 922. The summed E-state index contributed by atoms with van der Waals surface area (Å²) in [5.74, 6) is 0.198. The van der Waals surface area contributed by atoms with Crippen LogP contribution in [0.15, 0.2) is 22.7 Å². The number of benzene rings is 2. The minimum absolute atomic E-state index is 0.0533. The number of aliphatic hydroxyl groups is 1. The van der Waals surface area contributed by atoms with Gasteiger partial charge in [0.15, 0.2) is 11.5 Å². The molecule has 0 amide bonds. The second kappa shape index (κ2) is 8.01.